The van der Waals surface area contributed by atoms with Gasteiger partial charge in [-0.3, -0.25) is 0 Å². The van der Waals surface area contributed by atoms with Crippen LogP contribution in [0.3, 0.4) is 0 Å². The largest absolute Gasteiger partial charge is 0.489 e. The van der Waals surface area contributed by atoms with Crippen molar-refractivity contribution in [3.05, 3.63) is 83.2 Å². The van der Waals surface area contributed by atoms with Crippen LogP contribution in [-0.2, 0) is 24.3 Å². The summed E-state index contributed by atoms with van der Waals surface area (Å²) in [6.45, 7) is 6.29. The molecule has 178 valence electrons. The number of hydrogen-bond donors (Lipinski definition) is 1. The van der Waals surface area contributed by atoms with Crippen molar-refractivity contribution >= 4 is 5.69 Å². The average molecular weight is 461 g/mol. The van der Waals surface area contributed by atoms with Crippen LogP contribution in [0.2, 0.25) is 0 Å². The van der Waals surface area contributed by atoms with Crippen LogP contribution in [0.25, 0.3) is 11.1 Å². The van der Waals surface area contributed by atoms with Gasteiger partial charge in [0.1, 0.15) is 12.4 Å². The molecule has 0 amide bonds. The van der Waals surface area contributed by atoms with E-state index in [9.17, 15) is 0 Å². The van der Waals surface area contributed by atoms with Gasteiger partial charge in [0.05, 0.1) is 18.9 Å². The van der Waals surface area contributed by atoms with E-state index in [1.807, 2.05) is 54.6 Å². The molecule has 2 heterocycles. The highest BCUT2D eigenvalue weighted by Crippen LogP contribution is 2.41. The Hall–Kier alpha value is -2.89. The maximum atomic E-state index is 16.0. The number of aryl methyl sites for hydroxylation is 1. The van der Waals surface area contributed by atoms with Crippen LogP contribution in [0.1, 0.15) is 36.5 Å². The topological polar surface area (TPSA) is 47.7 Å². The van der Waals surface area contributed by atoms with E-state index in [1.54, 1.807) is 0 Å². The van der Waals surface area contributed by atoms with Gasteiger partial charge in [-0.2, -0.15) is 0 Å². The molecular weight excluding hydrogens is 427 g/mol. The minimum atomic E-state index is -0.173. The summed E-state index contributed by atoms with van der Waals surface area (Å²) in [6.07, 6.45) is 2.98. The summed E-state index contributed by atoms with van der Waals surface area (Å²) in [5.74, 6) is 0.708. The van der Waals surface area contributed by atoms with Gasteiger partial charge in [-0.25, -0.2) is 4.39 Å². The number of hydrogen-bond acceptors (Lipinski definition) is 4. The fourth-order valence-corrected chi connectivity index (χ4v) is 5.06. The van der Waals surface area contributed by atoms with Gasteiger partial charge in [-0.1, -0.05) is 43.3 Å². The fraction of sp³-hybridized carbons (Fsp3) is 0.379. The number of rotatable bonds is 7. The second-order valence-electron chi connectivity index (χ2n) is 9.61. The maximum absolute atomic E-state index is 16.0. The van der Waals surface area contributed by atoms with Gasteiger partial charge in [0.25, 0.3) is 0 Å². The molecule has 1 spiro atoms. The highest BCUT2D eigenvalue weighted by molar-refractivity contribution is 5.72. The third kappa shape index (κ3) is 4.55. The highest BCUT2D eigenvalue weighted by Gasteiger charge is 2.41. The lowest BCUT2D eigenvalue weighted by atomic mass is 9.76. The van der Waals surface area contributed by atoms with Crippen LogP contribution in [-0.4, -0.2) is 26.3 Å². The highest BCUT2D eigenvalue weighted by atomic mass is 19.1. The van der Waals surface area contributed by atoms with Crippen LogP contribution >= 0.6 is 0 Å². The summed E-state index contributed by atoms with van der Waals surface area (Å²) in [4.78, 5) is 2.19. The number of anilines is 1. The normalized spacial score (nSPS) is 17.0. The zero-order chi connectivity index (χ0) is 23.5. The van der Waals surface area contributed by atoms with E-state index in [0.29, 0.717) is 29.8 Å². The van der Waals surface area contributed by atoms with Crippen molar-refractivity contribution in [1.29, 1.82) is 0 Å². The maximum Gasteiger partial charge on any atom is 0.154 e. The van der Waals surface area contributed by atoms with E-state index in [-0.39, 0.29) is 5.82 Å². The van der Waals surface area contributed by atoms with Crippen molar-refractivity contribution in [3.8, 4) is 16.9 Å². The van der Waals surface area contributed by atoms with E-state index >= 15 is 4.39 Å². The van der Waals surface area contributed by atoms with Crippen molar-refractivity contribution in [1.82, 2.24) is 0 Å². The second kappa shape index (κ2) is 9.77. The molecular formula is C29H33FN2O2. The van der Waals surface area contributed by atoms with E-state index in [0.717, 1.165) is 68.0 Å². The third-order valence-electron chi connectivity index (χ3n) is 7.32. The summed E-state index contributed by atoms with van der Waals surface area (Å²) in [6, 6.07) is 19.8. The number of nitrogens with two attached hydrogens (primary N) is 1. The molecule has 2 saturated heterocycles. The number of benzene rings is 3. The Morgan fingerprint density at radius 3 is 2.50 bits per heavy atom. The molecule has 34 heavy (non-hydrogen) atoms. The minimum Gasteiger partial charge on any atom is -0.489 e. The SMILES string of the molecule is CCc1ccccc1OCc1cc(-c2cccc(CN)c2)c(F)c(N2CCC3(CC2)COC3)c1. The summed E-state index contributed by atoms with van der Waals surface area (Å²) >= 11 is 0. The first-order chi connectivity index (χ1) is 16.6. The smallest absolute Gasteiger partial charge is 0.154 e. The quantitative estimate of drug-likeness (QED) is 0.491. The van der Waals surface area contributed by atoms with Gasteiger partial charge in [0.2, 0.25) is 0 Å². The van der Waals surface area contributed by atoms with Crippen LogP contribution < -0.4 is 15.4 Å². The van der Waals surface area contributed by atoms with Gasteiger partial charge in [-0.05, 0) is 65.8 Å². The molecule has 0 atom stereocenters. The lowest BCUT2D eigenvalue weighted by Gasteiger charge is -2.48. The van der Waals surface area contributed by atoms with Crippen LogP contribution in [0.4, 0.5) is 10.1 Å². The monoisotopic (exact) mass is 460 g/mol. The van der Waals surface area contributed by atoms with Gasteiger partial charge < -0.3 is 20.1 Å². The molecule has 0 radical (unpaired) electrons. The Labute approximate surface area is 201 Å². The van der Waals surface area contributed by atoms with E-state index in [4.69, 9.17) is 15.2 Å². The first-order valence-electron chi connectivity index (χ1n) is 12.3. The Bertz CT molecular complexity index is 1150. The molecule has 2 fully saturated rings. The summed E-state index contributed by atoms with van der Waals surface area (Å²) in [5, 5.41) is 0. The number of piperidine rings is 1. The Kier molecular flexibility index (Phi) is 6.57. The molecule has 5 heteroatoms. The van der Waals surface area contributed by atoms with Gasteiger partial charge >= 0.3 is 0 Å². The van der Waals surface area contributed by atoms with Crippen molar-refractivity contribution in [2.45, 2.75) is 39.3 Å². The van der Waals surface area contributed by atoms with Crippen LogP contribution in [0, 0.1) is 11.2 Å². The Balaban J connectivity index is 1.48. The van der Waals surface area contributed by atoms with Gasteiger partial charge in [-0.15, -0.1) is 0 Å². The molecule has 2 aliphatic rings. The molecule has 3 aromatic carbocycles. The van der Waals surface area contributed by atoms with E-state index < -0.39 is 0 Å². The fourth-order valence-electron chi connectivity index (χ4n) is 5.06. The predicted molar refractivity (Wildman–Crippen MR) is 135 cm³/mol. The minimum absolute atomic E-state index is 0.173. The zero-order valence-electron chi connectivity index (χ0n) is 19.9. The number of nitrogens with zero attached hydrogens (tertiary/aromatic N) is 1. The number of halogens is 1. The standard InChI is InChI=1S/C29H33FN2O2/c1-2-23-7-3-4-9-27(23)34-18-22-15-25(24-8-5-6-21(14-24)17-31)28(30)26(16-22)32-12-10-29(11-13-32)19-33-20-29/h3-9,14-16H,2,10-13,17-20,31H2,1H3. The molecule has 4 nitrogen and oxygen atoms in total. The predicted octanol–water partition coefficient (Wildman–Crippen LogP) is 5.71. The van der Waals surface area contributed by atoms with E-state index in [2.05, 4.69) is 17.9 Å². The van der Waals surface area contributed by atoms with Crippen LogP contribution in [0.15, 0.2) is 60.7 Å². The van der Waals surface area contributed by atoms with Gasteiger partial charge in [0.15, 0.2) is 5.82 Å². The second-order valence-corrected chi connectivity index (χ2v) is 9.61. The van der Waals surface area contributed by atoms with Crippen LogP contribution in [0.5, 0.6) is 5.75 Å². The first kappa shape index (κ1) is 22.9. The first-order valence-corrected chi connectivity index (χ1v) is 12.3. The molecule has 0 bridgehead atoms. The molecule has 2 aliphatic heterocycles. The summed E-state index contributed by atoms with van der Waals surface area (Å²) in [7, 11) is 0. The zero-order valence-corrected chi connectivity index (χ0v) is 19.9. The molecule has 0 aliphatic carbocycles. The van der Waals surface area contributed by atoms with E-state index in [1.165, 1.54) is 5.56 Å². The van der Waals surface area contributed by atoms with Crippen molar-refractivity contribution in [3.63, 3.8) is 0 Å². The Morgan fingerprint density at radius 1 is 1.00 bits per heavy atom. The van der Waals surface area contributed by atoms with Crippen molar-refractivity contribution < 1.29 is 13.9 Å². The number of para-hydroxylation sites is 1. The summed E-state index contributed by atoms with van der Waals surface area (Å²) < 4.78 is 27.7. The molecule has 0 aromatic heterocycles. The molecule has 0 saturated carbocycles. The lowest BCUT2D eigenvalue weighted by Crippen LogP contribution is -2.51. The Morgan fingerprint density at radius 2 is 1.79 bits per heavy atom. The lowest BCUT2D eigenvalue weighted by molar-refractivity contribution is -0.124. The molecule has 5 rings (SSSR count). The molecule has 2 N–H and O–H groups in total. The molecule has 3 aromatic rings. The average Bonchev–Trinajstić information content (AvgIpc) is 2.87. The third-order valence-corrected chi connectivity index (χ3v) is 7.32. The van der Waals surface area contributed by atoms with Crippen molar-refractivity contribution in [2.24, 2.45) is 11.1 Å². The summed E-state index contributed by atoms with van der Waals surface area (Å²) in [5.41, 5.74) is 11.4. The number of ether oxygens (including phenoxy) is 2. The van der Waals surface area contributed by atoms with Gasteiger partial charge in [0, 0.05) is 30.6 Å². The molecule has 0 unspecified atom stereocenters. The van der Waals surface area contributed by atoms with Crippen molar-refractivity contribution in [2.75, 3.05) is 31.2 Å².